The van der Waals surface area contributed by atoms with Gasteiger partial charge in [0.05, 0.1) is 30.1 Å². The molecular formula is C33H27ClFN3O3S. The lowest BCUT2D eigenvalue weighted by Crippen LogP contribution is -2.36. The first-order valence-corrected chi connectivity index (χ1v) is 14.3. The van der Waals surface area contributed by atoms with E-state index in [-0.39, 0.29) is 5.24 Å². The maximum absolute atomic E-state index is 14.5. The van der Waals surface area contributed by atoms with Gasteiger partial charge in [-0.3, -0.25) is 4.98 Å². The molecule has 9 heteroatoms. The number of morpholine rings is 1. The predicted octanol–water partition coefficient (Wildman–Crippen LogP) is 7.70. The zero-order valence-electron chi connectivity index (χ0n) is 22.8. The summed E-state index contributed by atoms with van der Waals surface area (Å²) in [5.41, 5.74) is 5.01. The van der Waals surface area contributed by atoms with Crippen LogP contribution >= 0.6 is 23.8 Å². The lowest BCUT2D eigenvalue weighted by Gasteiger charge is -2.30. The summed E-state index contributed by atoms with van der Waals surface area (Å²) in [5, 5.41) is 1.20. The molecule has 0 amide bonds. The van der Waals surface area contributed by atoms with Crippen molar-refractivity contribution in [3.8, 4) is 17.1 Å². The molecule has 212 valence electrons. The highest BCUT2D eigenvalue weighted by molar-refractivity contribution is 7.79. The third-order valence-electron chi connectivity index (χ3n) is 7.15. The molecule has 1 saturated heterocycles. The van der Waals surface area contributed by atoms with E-state index in [1.807, 2.05) is 61.5 Å². The number of benzene rings is 3. The summed E-state index contributed by atoms with van der Waals surface area (Å²) in [4.78, 5) is 11.6. The van der Waals surface area contributed by atoms with Crippen LogP contribution in [0.5, 0.6) is 5.75 Å². The monoisotopic (exact) mass is 599 g/mol. The van der Waals surface area contributed by atoms with Crippen molar-refractivity contribution in [1.29, 1.82) is 0 Å². The van der Waals surface area contributed by atoms with Crippen LogP contribution in [0.3, 0.4) is 0 Å². The fourth-order valence-corrected chi connectivity index (χ4v) is 5.63. The first-order valence-electron chi connectivity index (χ1n) is 13.5. The Hall–Kier alpha value is -4.11. The highest BCUT2D eigenvalue weighted by Gasteiger charge is 2.28. The second-order valence-electron chi connectivity index (χ2n) is 9.88. The molecule has 0 bridgehead atoms. The zero-order valence-corrected chi connectivity index (χ0v) is 24.4. The van der Waals surface area contributed by atoms with E-state index >= 15 is 0 Å². The van der Waals surface area contributed by atoms with Gasteiger partial charge in [0.25, 0.3) is 0 Å². The number of ether oxygens (including phenoxy) is 3. The average molecular weight is 600 g/mol. The number of fused-ring (bicyclic) bond motifs is 1. The van der Waals surface area contributed by atoms with Crippen LogP contribution in [0.4, 0.5) is 10.1 Å². The van der Waals surface area contributed by atoms with Gasteiger partial charge in [-0.15, -0.1) is 0 Å². The largest absolute Gasteiger partial charge is 0.443 e. The van der Waals surface area contributed by atoms with Gasteiger partial charge >= 0.3 is 5.24 Å². The first-order chi connectivity index (χ1) is 20.5. The molecule has 1 aliphatic rings. The van der Waals surface area contributed by atoms with Crippen LogP contribution in [0.2, 0.25) is 5.02 Å². The van der Waals surface area contributed by atoms with E-state index in [1.165, 1.54) is 12.1 Å². The van der Waals surface area contributed by atoms with E-state index in [2.05, 4.69) is 9.88 Å². The molecule has 1 atom stereocenters. The molecule has 1 unspecified atom stereocenters. The van der Waals surface area contributed by atoms with E-state index in [1.54, 1.807) is 24.4 Å². The molecule has 0 saturated carbocycles. The van der Waals surface area contributed by atoms with Gasteiger partial charge in [0, 0.05) is 64.8 Å². The molecule has 6 nitrogen and oxygen atoms in total. The Morgan fingerprint density at radius 1 is 1.00 bits per heavy atom. The molecular weight excluding hydrogens is 573 g/mol. The molecule has 1 aliphatic heterocycles. The van der Waals surface area contributed by atoms with Crippen LogP contribution in [-0.2, 0) is 9.47 Å². The topological polar surface area (TPSA) is 56.7 Å². The van der Waals surface area contributed by atoms with Crippen LogP contribution in [-0.4, -0.2) is 41.5 Å². The minimum atomic E-state index is -0.766. The zero-order chi connectivity index (χ0) is 29.1. The molecule has 42 heavy (non-hydrogen) atoms. The van der Waals surface area contributed by atoms with Crippen LogP contribution in [0.1, 0.15) is 22.8 Å². The number of nitrogens with zero attached hydrogens (tertiary/aromatic N) is 3. The number of halogens is 2. The number of para-hydroxylation sites is 1. The van der Waals surface area contributed by atoms with Crippen molar-refractivity contribution in [3.63, 3.8) is 0 Å². The smallest absolute Gasteiger partial charge is 0.358 e. The summed E-state index contributed by atoms with van der Waals surface area (Å²) in [6, 6.07) is 25.2. The van der Waals surface area contributed by atoms with Crippen molar-refractivity contribution < 1.29 is 18.6 Å². The van der Waals surface area contributed by atoms with E-state index in [0.29, 0.717) is 46.3 Å². The third kappa shape index (κ3) is 6.06. The number of thiocarbonyl (C=S) groups is 1. The van der Waals surface area contributed by atoms with Gasteiger partial charge in [-0.05, 0) is 67.1 Å². The van der Waals surface area contributed by atoms with Crippen molar-refractivity contribution in [2.45, 2.75) is 13.0 Å². The molecule has 0 N–H and O–H groups in total. The Kier molecular flexibility index (Phi) is 8.28. The molecule has 6 rings (SSSR count). The van der Waals surface area contributed by atoms with Crippen molar-refractivity contribution >= 4 is 45.6 Å². The normalized spacial score (nSPS) is 14.0. The number of rotatable bonds is 6. The lowest BCUT2D eigenvalue weighted by atomic mass is 9.91. The standard InChI is InChI=1S/C33H27ClFN3O3S/c1-21-30(27-11-10-24(35)20-29(27)37-31(21)28-9-5-6-12-36-28)32(41-33(42)40-26-7-3-2-4-8-26)22-17-23(34)19-25(18-22)38-13-15-39-16-14-38/h2-12,17-20,32H,13-16H2,1H3. The second kappa shape index (κ2) is 12.4. The molecule has 2 aromatic heterocycles. The third-order valence-corrected chi connectivity index (χ3v) is 7.55. The quantitative estimate of drug-likeness (QED) is 0.185. The average Bonchev–Trinajstić information content (AvgIpc) is 3.01. The summed E-state index contributed by atoms with van der Waals surface area (Å²) in [6.45, 7) is 4.69. The first kappa shape index (κ1) is 28.0. The van der Waals surface area contributed by atoms with Crippen LogP contribution in [0.25, 0.3) is 22.3 Å². The summed E-state index contributed by atoms with van der Waals surface area (Å²) in [7, 11) is 0. The number of hydrogen-bond acceptors (Lipinski definition) is 7. The minimum absolute atomic E-state index is 0.0649. The fourth-order valence-electron chi connectivity index (χ4n) is 5.20. The second-order valence-corrected chi connectivity index (χ2v) is 10.7. The maximum atomic E-state index is 14.5. The van der Waals surface area contributed by atoms with Gasteiger partial charge in [0.2, 0.25) is 0 Å². The van der Waals surface area contributed by atoms with Gasteiger partial charge in [-0.1, -0.05) is 35.9 Å². The number of pyridine rings is 2. The molecule has 3 heterocycles. The lowest BCUT2D eigenvalue weighted by molar-refractivity contribution is 0.122. The Balaban J connectivity index is 1.54. The molecule has 0 aliphatic carbocycles. The van der Waals surface area contributed by atoms with Crippen LogP contribution < -0.4 is 9.64 Å². The summed E-state index contributed by atoms with van der Waals surface area (Å²) in [5.74, 6) is 0.156. The Morgan fingerprint density at radius 3 is 2.55 bits per heavy atom. The number of aromatic nitrogens is 2. The van der Waals surface area contributed by atoms with Gasteiger partial charge in [-0.2, -0.15) is 0 Å². The predicted molar refractivity (Wildman–Crippen MR) is 167 cm³/mol. The number of hydrogen-bond donors (Lipinski definition) is 0. The minimum Gasteiger partial charge on any atom is -0.443 e. The molecule has 5 aromatic rings. The summed E-state index contributed by atoms with van der Waals surface area (Å²) < 4.78 is 32.5. The summed E-state index contributed by atoms with van der Waals surface area (Å²) in [6.07, 6.45) is 0.937. The highest BCUT2D eigenvalue weighted by atomic mass is 35.5. The SMILES string of the molecule is Cc1c(-c2ccccn2)nc2cc(F)ccc2c1C(OC(=S)Oc1ccccc1)c1cc(Cl)cc(N2CCOCC2)c1. The van der Waals surface area contributed by atoms with E-state index < -0.39 is 11.9 Å². The Morgan fingerprint density at radius 2 is 1.79 bits per heavy atom. The van der Waals surface area contributed by atoms with E-state index in [4.69, 9.17) is 43.0 Å². The molecule has 0 radical (unpaired) electrons. The van der Waals surface area contributed by atoms with Crippen LogP contribution in [0, 0.1) is 12.7 Å². The van der Waals surface area contributed by atoms with Gasteiger partial charge < -0.3 is 19.1 Å². The Bertz CT molecular complexity index is 1730. The molecule has 0 spiro atoms. The van der Waals surface area contributed by atoms with Crippen LogP contribution in [0.15, 0.2) is 91.1 Å². The maximum Gasteiger partial charge on any atom is 0.358 e. The van der Waals surface area contributed by atoms with Gasteiger partial charge in [0.1, 0.15) is 11.6 Å². The molecule has 3 aromatic carbocycles. The number of anilines is 1. The van der Waals surface area contributed by atoms with Crippen molar-refractivity contribution in [1.82, 2.24) is 9.97 Å². The van der Waals surface area contributed by atoms with E-state index in [9.17, 15) is 4.39 Å². The van der Waals surface area contributed by atoms with Gasteiger partial charge in [-0.25, -0.2) is 9.37 Å². The Labute approximate surface area is 253 Å². The van der Waals surface area contributed by atoms with E-state index in [0.717, 1.165) is 35.5 Å². The van der Waals surface area contributed by atoms with Gasteiger partial charge in [0.15, 0.2) is 6.10 Å². The van der Waals surface area contributed by atoms with Crippen molar-refractivity contribution in [3.05, 3.63) is 119 Å². The fraction of sp³-hybridized carbons (Fsp3) is 0.182. The highest BCUT2D eigenvalue weighted by Crippen LogP contribution is 2.40. The van der Waals surface area contributed by atoms with Crippen molar-refractivity contribution in [2.24, 2.45) is 0 Å². The van der Waals surface area contributed by atoms with Crippen molar-refractivity contribution in [2.75, 3.05) is 31.2 Å². The molecule has 1 fully saturated rings. The summed E-state index contributed by atoms with van der Waals surface area (Å²) >= 11 is 12.3.